The third-order valence-corrected chi connectivity index (χ3v) is 5.47. The van der Waals surface area contributed by atoms with Crippen LogP contribution in [-0.4, -0.2) is 27.1 Å². The number of carbonyl (C=O) groups excluding carboxylic acids is 1. The standard InChI is InChI=1S/C19H23ClN2O3S/c1-4-17(15-9-11-16(20)12-10-15)21-19(23)13-22(26(3,24)25)18-8-6-5-7-14(18)2/h5-12,17H,4,13H2,1-3H3,(H,21,23). The second kappa shape index (κ2) is 8.56. The maximum atomic E-state index is 12.6. The van der Waals surface area contributed by atoms with Gasteiger partial charge in [-0.1, -0.05) is 48.9 Å². The lowest BCUT2D eigenvalue weighted by Crippen LogP contribution is -2.41. The SMILES string of the molecule is CCC(NC(=O)CN(c1ccccc1C)S(C)(=O)=O)c1ccc(Cl)cc1. The minimum Gasteiger partial charge on any atom is -0.348 e. The molecule has 0 bridgehead atoms. The van der Waals surface area contributed by atoms with E-state index in [9.17, 15) is 13.2 Å². The van der Waals surface area contributed by atoms with E-state index in [4.69, 9.17) is 11.6 Å². The highest BCUT2D eigenvalue weighted by Crippen LogP contribution is 2.23. The highest BCUT2D eigenvalue weighted by Gasteiger charge is 2.23. The Balaban J connectivity index is 2.19. The second-order valence-electron chi connectivity index (χ2n) is 6.14. The van der Waals surface area contributed by atoms with E-state index in [1.54, 1.807) is 24.3 Å². The molecule has 0 fully saturated rings. The van der Waals surface area contributed by atoms with Crippen molar-refractivity contribution >= 4 is 33.2 Å². The Labute approximate surface area is 160 Å². The van der Waals surface area contributed by atoms with Crippen molar-refractivity contribution in [1.29, 1.82) is 0 Å². The number of nitrogens with zero attached hydrogens (tertiary/aromatic N) is 1. The average molecular weight is 395 g/mol. The number of halogens is 1. The Morgan fingerprint density at radius 2 is 1.77 bits per heavy atom. The van der Waals surface area contributed by atoms with E-state index in [0.29, 0.717) is 17.1 Å². The number of benzene rings is 2. The highest BCUT2D eigenvalue weighted by atomic mass is 35.5. The van der Waals surface area contributed by atoms with Gasteiger partial charge in [0, 0.05) is 5.02 Å². The lowest BCUT2D eigenvalue weighted by molar-refractivity contribution is -0.120. The second-order valence-corrected chi connectivity index (χ2v) is 8.48. The van der Waals surface area contributed by atoms with Gasteiger partial charge in [0.15, 0.2) is 0 Å². The van der Waals surface area contributed by atoms with Crippen LogP contribution in [0, 0.1) is 6.92 Å². The molecule has 0 saturated heterocycles. The molecular weight excluding hydrogens is 372 g/mol. The van der Waals surface area contributed by atoms with E-state index in [-0.39, 0.29) is 18.5 Å². The fraction of sp³-hybridized carbons (Fsp3) is 0.316. The molecular formula is C19H23ClN2O3S. The summed E-state index contributed by atoms with van der Waals surface area (Å²) in [4.78, 5) is 12.6. The van der Waals surface area contributed by atoms with Crippen LogP contribution in [0.3, 0.4) is 0 Å². The molecule has 2 aromatic carbocycles. The zero-order valence-electron chi connectivity index (χ0n) is 15.1. The molecule has 1 unspecified atom stereocenters. The van der Waals surface area contributed by atoms with E-state index >= 15 is 0 Å². The third-order valence-electron chi connectivity index (χ3n) is 4.09. The van der Waals surface area contributed by atoms with Gasteiger partial charge in [-0.05, 0) is 42.7 Å². The van der Waals surface area contributed by atoms with Crippen LogP contribution in [-0.2, 0) is 14.8 Å². The van der Waals surface area contributed by atoms with Gasteiger partial charge in [0.2, 0.25) is 15.9 Å². The zero-order chi connectivity index (χ0) is 19.3. The van der Waals surface area contributed by atoms with Gasteiger partial charge >= 0.3 is 0 Å². The molecule has 5 nitrogen and oxygen atoms in total. The summed E-state index contributed by atoms with van der Waals surface area (Å²) in [7, 11) is -3.59. The molecule has 0 aliphatic carbocycles. The fourth-order valence-electron chi connectivity index (χ4n) is 2.71. The molecule has 0 aliphatic heterocycles. The number of sulfonamides is 1. The van der Waals surface area contributed by atoms with Crippen molar-refractivity contribution in [2.75, 3.05) is 17.1 Å². The minimum absolute atomic E-state index is 0.210. The van der Waals surface area contributed by atoms with E-state index in [1.807, 2.05) is 38.1 Å². The summed E-state index contributed by atoms with van der Waals surface area (Å²) in [6.07, 6.45) is 1.78. The molecule has 2 rings (SSSR count). The van der Waals surface area contributed by atoms with Crippen molar-refractivity contribution in [3.05, 3.63) is 64.7 Å². The predicted molar refractivity (Wildman–Crippen MR) is 106 cm³/mol. The lowest BCUT2D eigenvalue weighted by Gasteiger charge is -2.25. The zero-order valence-corrected chi connectivity index (χ0v) is 16.6. The number of aryl methyl sites for hydroxylation is 1. The molecule has 7 heteroatoms. The van der Waals surface area contributed by atoms with Crippen molar-refractivity contribution in [1.82, 2.24) is 5.32 Å². The molecule has 0 radical (unpaired) electrons. The summed E-state index contributed by atoms with van der Waals surface area (Å²) in [6.45, 7) is 3.50. The van der Waals surface area contributed by atoms with Crippen LogP contribution in [0.4, 0.5) is 5.69 Å². The molecule has 26 heavy (non-hydrogen) atoms. The fourth-order valence-corrected chi connectivity index (χ4v) is 3.75. The summed E-state index contributed by atoms with van der Waals surface area (Å²) in [5.41, 5.74) is 2.22. The smallest absolute Gasteiger partial charge is 0.241 e. The average Bonchev–Trinajstić information content (AvgIpc) is 2.58. The lowest BCUT2D eigenvalue weighted by atomic mass is 10.0. The number of hydrogen-bond donors (Lipinski definition) is 1. The summed E-state index contributed by atoms with van der Waals surface area (Å²) in [6, 6.07) is 14.1. The molecule has 0 spiro atoms. The summed E-state index contributed by atoms with van der Waals surface area (Å²) >= 11 is 5.91. The van der Waals surface area contributed by atoms with Crippen LogP contribution < -0.4 is 9.62 Å². The minimum atomic E-state index is -3.59. The molecule has 0 aliphatic rings. The van der Waals surface area contributed by atoms with Gasteiger partial charge in [-0.2, -0.15) is 0 Å². The van der Waals surface area contributed by atoms with E-state index in [0.717, 1.165) is 21.7 Å². The van der Waals surface area contributed by atoms with Crippen LogP contribution in [0.2, 0.25) is 5.02 Å². The number of nitrogens with one attached hydrogen (secondary N) is 1. The van der Waals surface area contributed by atoms with Crippen LogP contribution in [0.1, 0.15) is 30.5 Å². The molecule has 1 atom stereocenters. The molecule has 1 N–H and O–H groups in total. The first-order chi connectivity index (χ1) is 12.2. The number of hydrogen-bond acceptors (Lipinski definition) is 3. The van der Waals surface area contributed by atoms with Gasteiger partial charge < -0.3 is 5.32 Å². The Hall–Kier alpha value is -2.05. The first kappa shape index (κ1) is 20.3. The summed E-state index contributed by atoms with van der Waals surface area (Å²) in [5, 5.41) is 3.53. The maximum absolute atomic E-state index is 12.6. The van der Waals surface area contributed by atoms with Gasteiger partial charge in [-0.25, -0.2) is 8.42 Å². The number of anilines is 1. The predicted octanol–water partition coefficient (Wildman–Crippen LogP) is 3.68. The molecule has 140 valence electrons. The highest BCUT2D eigenvalue weighted by molar-refractivity contribution is 7.92. The summed E-state index contributed by atoms with van der Waals surface area (Å²) < 4.78 is 25.6. The van der Waals surface area contributed by atoms with Crippen molar-refractivity contribution in [3.8, 4) is 0 Å². The van der Waals surface area contributed by atoms with E-state index < -0.39 is 10.0 Å². The Morgan fingerprint density at radius 1 is 1.15 bits per heavy atom. The molecule has 0 heterocycles. The Kier molecular flexibility index (Phi) is 6.67. The quantitative estimate of drug-likeness (QED) is 0.778. The van der Waals surface area contributed by atoms with Crippen LogP contribution >= 0.6 is 11.6 Å². The van der Waals surface area contributed by atoms with Crippen molar-refractivity contribution in [3.63, 3.8) is 0 Å². The van der Waals surface area contributed by atoms with Crippen molar-refractivity contribution in [2.45, 2.75) is 26.3 Å². The third kappa shape index (κ3) is 5.22. The van der Waals surface area contributed by atoms with Crippen LogP contribution in [0.5, 0.6) is 0 Å². The van der Waals surface area contributed by atoms with E-state index in [2.05, 4.69) is 5.32 Å². The molecule has 0 aromatic heterocycles. The van der Waals surface area contributed by atoms with Gasteiger partial charge in [0.05, 0.1) is 18.0 Å². The number of carbonyl (C=O) groups is 1. The first-order valence-electron chi connectivity index (χ1n) is 8.30. The Morgan fingerprint density at radius 3 is 2.31 bits per heavy atom. The monoisotopic (exact) mass is 394 g/mol. The molecule has 1 amide bonds. The van der Waals surface area contributed by atoms with Gasteiger partial charge in [-0.15, -0.1) is 0 Å². The Bertz CT molecular complexity index is 867. The first-order valence-corrected chi connectivity index (χ1v) is 10.5. The topological polar surface area (TPSA) is 66.5 Å². The maximum Gasteiger partial charge on any atom is 0.241 e. The summed E-state index contributed by atoms with van der Waals surface area (Å²) in [5.74, 6) is -0.361. The van der Waals surface area contributed by atoms with Crippen molar-refractivity contribution < 1.29 is 13.2 Å². The van der Waals surface area contributed by atoms with Gasteiger partial charge in [0.25, 0.3) is 0 Å². The largest absolute Gasteiger partial charge is 0.348 e. The van der Waals surface area contributed by atoms with Gasteiger partial charge in [-0.3, -0.25) is 9.10 Å². The molecule has 0 saturated carbocycles. The van der Waals surface area contributed by atoms with Gasteiger partial charge in [0.1, 0.15) is 6.54 Å². The van der Waals surface area contributed by atoms with Crippen LogP contribution in [0.25, 0.3) is 0 Å². The number of amides is 1. The molecule has 2 aromatic rings. The van der Waals surface area contributed by atoms with E-state index in [1.165, 1.54) is 0 Å². The van der Waals surface area contributed by atoms with Crippen LogP contribution in [0.15, 0.2) is 48.5 Å². The number of rotatable bonds is 7. The number of para-hydroxylation sites is 1. The normalized spacial score (nSPS) is 12.5. The van der Waals surface area contributed by atoms with Crippen molar-refractivity contribution in [2.24, 2.45) is 0 Å².